The largest absolute Gasteiger partial charge is 0.497 e. The second-order valence-corrected chi connectivity index (χ2v) is 11.7. The molecule has 0 bridgehead atoms. The number of nitrogens with one attached hydrogen (secondary N) is 1. The van der Waals surface area contributed by atoms with Gasteiger partial charge in [0.2, 0.25) is 5.91 Å². The smallest absolute Gasteiger partial charge is 0.241 e. The molecule has 1 aliphatic heterocycles. The predicted octanol–water partition coefficient (Wildman–Crippen LogP) is 6.86. The number of carbonyl (C=O) groups excluding carboxylic acids is 2. The number of benzene rings is 3. The second-order valence-electron chi connectivity index (χ2n) is 10.7. The van der Waals surface area contributed by atoms with Crippen molar-refractivity contribution in [3.8, 4) is 11.8 Å². The number of nitriles is 1. The van der Waals surface area contributed by atoms with Crippen molar-refractivity contribution >= 4 is 34.8 Å². The Kier molecular flexibility index (Phi) is 7.81. The molecule has 1 heterocycles. The van der Waals surface area contributed by atoms with Crippen LogP contribution in [0.5, 0.6) is 5.75 Å². The summed E-state index contributed by atoms with van der Waals surface area (Å²) in [7, 11) is 1.60. The molecule has 3 aromatic rings. The zero-order chi connectivity index (χ0) is 28.3. The molecule has 0 spiro atoms. The van der Waals surface area contributed by atoms with Gasteiger partial charge in [0.25, 0.3) is 0 Å². The molecule has 7 heteroatoms. The molecule has 0 aromatic heterocycles. The lowest BCUT2D eigenvalue weighted by Crippen LogP contribution is -2.37. The Labute approximate surface area is 239 Å². The lowest BCUT2D eigenvalue weighted by atomic mass is 9.69. The van der Waals surface area contributed by atoms with Crippen LogP contribution in [0.1, 0.15) is 38.2 Å². The van der Waals surface area contributed by atoms with E-state index in [1.165, 1.54) is 11.8 Å². The van der Waals surface area contributed by atoms with Crippen molar-refractivity contribution in [3.05, 3.63) is 112 Å². The van der Waals surface area contributed by atoms with E-state index in [0.29, 0.717) is 34.8 Å². The van der Waals surface area contributed by atoms with Gasteiger partial charge in [-0.2, -0.15) is 5.26 Å². The van der Waals surface area contributed by atoms with Crippen molar-refractivity contribution in [1.29, 1.82) is 5.26 Å². The van der Waals surface area contributed by atoms with Crippen molar-refractivity contribution in [3.63, 3.8) is 0 Å². The molecular formula is C33H31N3O3S. The Morgan fingerprint density at radius 1 is 1.00 bits per heavy atom. The highest BCUT2D eigenvalue weighted by Gasteiger charge is 2.42. The summed E-state index contributed by atoms with van der Waals surface area (Å²) in [5, 5.41) is 14.4. The molecule has 6 nitrogen and oxygen atoms in total. The van der Waals surface area contributed by atoms with E-state index in [9.17, 15) is 14.9 Å². The maximum absolute atomic E-state index is 13.7. The van der Waals surface area contributed by atoms with Crippen LogP contribution in [0, 0.1) is 16.7 Å². The first kappa shape index (κ1) is 27.3. The minimum Gasteiger partial charge on any atom is -0.497 e. The van der Waals surface area contributed by atoms with Crippen LogP contribution in [0.4, 0.5) is 11.4 Å². The number of ketones is 1. The highest BCUT2D eigenvalue weighted by atomic mass is 32.2. The number of carbonyl (C=O) groups is 2. The van der Waals surface area contributed by atoms with Gasteiger partial charge in [-0.3, -0.25) is 14.5 Å². The number of amides is 1. The zero-order valence-electron chi connectivity index (χ0n) is 22.8. The van der Waals surface area contributed by atoms with Gasteiger partial charge in [-0.15, -0.1) is 0 Å². The Morgan fingerprint density at radius 3 is 2.15 bits per heavy atom. The topological polar surface area (TPSA) is 82.4 Å². The molecule has 0 saturated carbocycles. The Balaban J connectivity index is 1.50. The molecule has 202 valence electrons. The summed E-state index contributed by atoms with van der Waals surface area (Å²) < 4.78 is 5.33. The van der Waals surface area contributed by atoms with Gasteiger partial charge in [-0.1, -0.05) is 74.1 Å². The maximum atomic E-state index is 13.7. The van der Waals surface area contributed by atoms with Crippen LogP contribution >= 0.6 is 11.8 Å². The molecule has 3 aromatic carbocycles. The van der Waals surface area contributed by atoms with E-state index >= 15 is 0 Å². The molecule has 0 radical (unpaired) electrons. The number of rotatable bonds is 7. The predicted molar refractivity (Wildman–Crippen MR) is 159 cm³/mol. The Morgan fingerprint density at radius 2 is 1.60 bits per heavy atom. The van der Waals surface area contributed by atoms with E-state index in [0.717, 1.165) is 22.6 Å². The van der Waals surface area contributed by atoms with Crippen molar-refractivity contribution in [2.24, 2.45) is 5.41 Å². The fraction of sp³-hybridized carbons (Fsp3) is 0.242. The highest BCUT2D eigenvalue weighted by molar-refractivity contribution is 8.03. The minimum atomic E-state index is -0.507. The molecular weight excluding hydrogens is 518 g/mol. The first-order valence-corrected chi connectivity index (χ1v) is 14.2. The average Bonchev–Trinajstić information content (AvgIpc) is 2.96. The Bertz CT molecular complexity index is 1480. The SMILES string of the molecule is COc1ccc([C@@H]2C(C#N)=C(SCC(=O)N(c3ccccc3)c3ccccc3)NC3=C2C(=O)CC(C)(C)C3)cc1. The van der Waals surface area contributed by atoms with Crippen LogP contribution in [0.15, 0.2) is 107 Å². The van der Waals surface area contributed by atoms with Crippen molar-refractivity contribution in [1.82, 2.24) is 5.32 Å². The van der Waals surface area contributed by atoms with Gasteiger partial charge < -0.3 is 10.1 Å². The number of allylic oxidation sites excluding steroid dienone is 3. The molecule has 1 amide bonds. The van der Waals surface area contributed by atoms with E-state index in [1.807, 2.05) is 84.9 Å². The zero-order valence-corrected chi connectivity index (χ0v) is 23.6. The molecule has 5 rings (SSSR count). The summed E-state index contributed by atoms with van der Waals surface area (Å²) in [6.07, 6.45) is 1.10. The number of nitrogens with zero attached hydrogens (tertiary/aromatic N) is 2. The summed E-state index contributed by atoms with van der Waals surface area (Å²) in [6.45, 7) is 4.16. The Hall–Kier alpha value is -4.28. The standard InChI is InChI=1S/C33H31N3O3S/c1-33(2)18-27-31(28(37)19-33)30(22-14-16-25(39-3)17-15-22)26(20-34)32(35-27)40-21-29(38)36(23-10-6-4-7-11-23)24-12-8-5-9-13-24/h4-17,30,35H,18-19,21H2,1-3H3/t30-/m1/s1. The molecule has 0 saturated heterocycles. The normalized spacial score (nSPS) is 17.9. The molecule has 0 fully saturated rings. The van der Waals surface area contributed by atoms with Crippen LogP contribution in [-0.4, -0.2) is 24.6 Å². The molecule has 40 heavy (non-hydrogen) atoms. The number of dihydropyridines is 1. The number of Topliss-reactive ketones (excluding diaryl/α,β-unsaturated/α-hetero) is 1. The third-order valence-corrected chi connectivity index (χ3v) is 8.20. The monoisotopic (exact) mass is 549 g/mol. The number of anilines is 2. The fourth-order valence-electron chi connectivity index (χ4n) is 5.41. The highest BCUT2D eigenvalue weighted by Crippen LogP contribution is 2.48. The number of methoxy groups -OCH3 is 1. The molecule has 1 aliphatic carbocycles. The van der Waals surface area contributed by atoms with Crippen LogP contribution in [0.2, 0.25) is 0 Å². The van der Waals surface area contributed by atoms with Crippen molar-refractivity contribution in [2.75, 3.05) is 17.8 Å². The van der Waals surface area contributed by atoms with E-state index in [-0.39, 0.29) is 22.9 Å². The van der Waals surface area contributed by atoms with Crippen LogP contribution in [0.3, 0.4) is 0 Å². The number of hydrogen-bond acceptors (Lipinski definition) is 6. The molecule has 2 aliphatic rings. The summed E-state index contributed by atoms with van der Waals surface area (Å²) in [4.78, 5) is 28.9. The second kappa shape index (κ2) is 11.4. The molecule has 1 N–H and O–H groups in total. The summed E-state index contributed by atoms with van der Waals surface area (Å²) in [6, 6.07) is 28.9. The number of thioether (sulfide) groups is 1. The number of hydrogen-bond donors (Lipinski definition) is 1. The van der Waals surface area contributed by atoms with Gasteiger partial charge in [0.1, 0.15) is 5.75 Å². The number of para-hydroxylation sites is 2. The third-order valence-electron chi connectivity index (χ3n) is 7.19. The molecule has 1 atom stereocenters. The quantitative estimate of drug-likeness (QED) is 0.347. The van der Waals surface area contributed by atoms with Crippen LogP contribution in [-0.2, 0) is 9.59 Å². The summed E-state index contributed by atoms with van der Waals surface area (Å²) in [5.74, 6) is 0.231. The lowest BCUT2D eigenvalue weighted by molar-refractivity contribution is -0.118. The van der Waals surface area contributed by atoms with Gasteiger partial charge in [-0.25, -0.2) is 0 Å². The van der Waals surface area contributed by atoms with Gasteiger partial charge in [0.05, 0.1) is 35.5 Å². The fourth-order valence-corrected chi connectivity index (χ4v) is 6.32. The number of ether oxygens (including phenoxy) is 1. The van der Waals surface area contributed by atoms with Crippen molar-refractivity contribution in [2.45, 2.75) is 32.6 Å². The van der Waals surface area contributed by atoms with Crippen LogP contribution < -0.4 is 15.0 Å². The first-order chi connectivity index (χ1) is 19.3. The summed E-state index contributed by atoms with van der Waals surface area (Å²) in [5.41, 5.74) is 4.10. The average molecular weight is 550 g/mol. The van der Waals surface area contributed by atoms with Crippen LogP contribution in [0.25, 0.3) is 0 Å². The van der Waals surface area contributed by atoms with Gasteiger partial charge in [-0.05, 0) is 53.8 Å². The van der Waals surface area contributed by atoms with Gasteiger partial charge in [0, 0.05) is 29.1 Å². The van der Waals surface area contributed by atoms with Crippen molar-refractivity contribution < 1.29 is 14.3 Å². The van der Waals surface area contributed by atoms with E-state index in [2.05, 4.69) is 25.2 Å². The van der Waals surface area contributed by atoms with E-state index in [4.69, 9.17) is 4.74 Å². The van der Waals surface area contributed by atoms with Gasteiger partial charge in [0.15, 0.2) is 5.78 Å². The van der Waals surface area contributed by atoms with E-state index < -0.39 is 5.92 Å². The minimum absolute atomic E-state index is 0.0479. The van der Waals surface area contributed by atoms with Gasteiger partial charge >= 0.3 is 0 Å². The lowest BCUT2D eigenvalue weighted by Gasteiger charge is -2.39. The maximum Gasteiger partial charge on any atom is 0.241 e. The van der Waals surface area contributed by atoms with E-state index in [1.54, 1.807) is 12.0 Å². The summed E-state index contributed by atoms with van der Waals surface area (Å²) >= 11 is 1.30. The first-order valence-electron chi connectivity index (χ1n) is 13.2. The third kappa shape index (κ3) is 5.54. The molecule has 0 unspecified atom stereocenters.